The summed E-state index contributed by atoms with van der Waals surface area (Å²) >= 11 is 0. The second kappa shape index (κ2) is 3.98. The molecule has 2 N–H and O–H groups in total. The smallest absolute Gasteiger partial charge is 0.308 e. The van der Waals surface area contributed by atoms with Gasteiger partial charge in [0.25, 0.3) is 0 Å². The van der Waals surface area contributed by atoms with E-state index in [1.165, 1.54) is 0 Å². The summed E-state index contributed by atoms with van der Waals surface area (Å²) in [6.07, 6.45) is 3.18. The van der Waals surface area contributed by atoms with Gasteiger partial charge in [0.15, 0.2) is 5.82 Å². The molecular weight excluding hydrogens is 196 g/mol. The van der Waals surface area contributed by atoms with Gasteiger partial charge in [-0.15, -0.1) is 10.2 Å². The molecule has 6 nitrogen and oxygen atoms in total. The third kappa shape index (κ3) is 1.85. The first-order valence-corrected chi connectivity index (χ1v) is 5.00. The van der Waals surface area contributed by atoms with Gasteiger partial charge in [0.1, 0.15) is 6.33 Å². The summed E-state index contributed by atoms with van der Waals surface area (Å²) in [5.41, 5.74) is 0. The van der Waals surface area contributed by atoms with Crippen LogP contribution in [0.5, 0.6) is 0 Å². The molecule has 0 aromatic carbocycles. The van der Waals surface area contributed by atoms with Gasteiger partial charge in [-0.2, -0.15) is 0 Å². The molecule has 82 valence electrons. The van der Waals surface area contributed by atoms with Crippen LogP contribution in [0.3, 0.4) is 0 Å². The number of hydrogen-bond acceptors (Lipinski definition) is 4. The maximum atomic E-state index is 11.1. The average molecular weight is 210 g/mol. The Morgan fingerprint density at radius 3 is 3.13 bits per heavy atom. The first-order valence-electron chi connectivity index (χ1n) is 5.00. The Balaban J connectivity index is 2.25. The van der Waals surface area contributed by atoms with Crippen LogP contribution in [0.15, 0.2) is 6.33 Å². The molecule has 1 aliphatic rings. The summed E-state index contributed by atoms with van der Waals surface area (Å²) < 4.78 is 1.76. The number of aliphatic carboxylic acids is 1. The number of rotatable bonds is 2. The van der Waals surface area contributed by atoms with E-state index in [1.54, 1.807) is 10.9 Å². The van der Waals surface area contributed by atoms with Crippen LogP contribution in [-0.4, -0.2) is 32.4 Å². The van der Waals surface area contributed by atoms with E-state index >= 15 is 0 Å². The molecule has 1 aliphatic heterocycles. The van der Waals surface area contributed by atoms with Crippen molar-refractivity contribution in [2.75, 3.05) is 6.54 Å². The normalized spacial score (nSPS) is 26.5. The van der Waals surface area contributed by atoms with Crippen LogP contribution in [0.4, 0.5) is 0 Å². The number of nitrogens with one attached hydrogen (secondary N) is 1. The maximum Gasteiger partial charge on any atom is 0.308 e. The quantitative estimate of drug-likeness (QED) is 0.714. The molecule has 1 aromatic heterocycles. The van der Waals surface area contributed by atoms with Gasteiger partial charge >= 0.3 is 5.97 Å². The number of carbonyl (C=O) groups is 1. The standard InChI is InChI=1S/C9H14N4O2/c1-13-5-11-12-8(13)7-6(9(14)15)3-2-4-10-7/h5-7,10H,2-4H2,1H3,(H,14,15). The van der Waals surface area contributed by atoms with Crippen molar-refractivity contribution in [2.24, 2.45) is 13.0 Å². The fourth-order valence-electron chi connectivity index (χ4n) is 2.00. The van der Waals surface area contributed by atoms with Gasteiger partial charge in [-0.1, -0.05) is 0 Å². The Morgan fingerprint density at radius 1 is 1.73 bits per heavy atom. The predicted molar refractivity (Wildman–Crippen MR) is 52.1 cm³/mol. The second-order valence-electron chi connectivity index (χ2n) is 3.82. The minimum atomic E-state index is -0.768. The molecule has 0 amide bonds. The van der Waals surface area contributed by atoms with Gasteiger partial charge in [0, 0.05) is 7.05 Å². The molecule has 0 spiro atoms. The first kappa shape index (κ1) is 10.1. The lowest BCUT2D eigenvalue weighted by molar-refractivity contribution is -0.143. The second-order valence-corrected chi connectivity index (χ2v) is 3.82. The molecule has 0 saturated carbocycles. The summed E-state index contributed by atoms with van der Waals surface area (Å²) in [5.74, 6) is -0.473. The van der Waals surface area contributed by atoms with E-state index in [2.05, 4.69) is 15.5 Å². The summed E-state index contributed by atoms with van der Waals surface area (Å²) in [4.78, 5) is 11.1. The number of nitrogens with zero attached hydrogens (tertiary/aromatic N) is 3. The van der Waals surface area contributed by atoms with E-state index < -0.39 is 11.9 Å². The van der Waals surface area contributed by atoms with Crippen LogP contribution in [0.2, 0.25) is 0 Å². The van der Waals surface area contributed by atoms with E-state index in [1.807, 2.05) is 7.05 Å². The highest BCUT2D eigenvalue weighted by atomic mass is 16.4. The Labute approximate surface area is 87.3 Å². The van der Waals surface area contributed by atoms with Crippen molar-refractivity contribution in [3.63, 3.8) is 0 Å². The van der Waals surface area contributed by atoms with Crippen molar-refractivity contribution in [3.8, 4) is 0 Å². The largest absolute Gasteiger partial charge is 0.481 e. The van der Waals surface area contributed by atoms with Crippen molar-refractivity contribution >= 4 is 5.97 Å². The molecule has 1 fully saturated rings. The minimum Gasteiger partial charge on any atom is -0.481 e. The average Bonchev–Trinajstić information content (AvgIpc) is 2.64. The fourth-order valence-corrected chi connectivity index (χ4v) is 2.00. The molecule has 1 saturated heterocycles. The molecule has 2 unspecified atom stereocenters. The van der Waals surface area contributed by atoms with Crippen LogP contribution in [0.1, 0.15) is 24.7 Å². The van der Waals surface area contributed by atoms with Crippen molar-refractivity contribution in [2.45, 2.75) is 18.9 Å². The summed E-state index contributed by atoms with van der Waals surface area (Å²) in [6.45, 7) is 0.835. The fraction of sp³-hybridized carbons (Fsp3) is 0.667. The van der Waals surface area contributed by atoms with E-state index in [9.17, 15) is 4.79 Å². The number of piperidine rings is 1. The Morgan fingerprint density at radius 2 is 2.53 bits per heavy atom. The number of aromatic nitrogens is 3. The van der Waals surface area contributed by atoms with Crippen LogP contribution in [0.25, 0.3) is 0 Å². The molecule has 1 aromatic rings. The SMILES string of the molecule is Cn1cnnc1C1NCCCC1C(=O)O. The van der Waals surface area contributed by atoms with E-state index in [4.69, 9.17) is 5.11 Å². The molecule has 0 bridgehead atoms. The van der Waals surface area contributed by atoms with Crippen molar-refractivity contribution in [3.05, 3.63) is 12.2 Å². The molecule has 2 rings (SSSR count). The van der Waals surface area contributed by atoms with Crippen LogP contribution < -0.4 is 5.32 Å². The van der Waals surface area contributed by atoms with Crippen molar-refractivity contribution < 1.29 is 9.90 Å². The molecule has 15 heavy (non-hydrogen) atoms. The molecule has 0 radical (unpaired) electrons. The third-order valence-electron chi connectivity index (χ3n) is 2.80. The molecule has 0 aliphatic carbocycles. The van der Waals surface area contributed by atoms with E-state index in [0.717, 1.165) is 13.0 Å². The highest BCUT2D eigenvalue weighted by molar-refractivity contribution is 5.71. The summed E-state index contributed by atoms with van der Waals surface area (Å²) in [5, 5.41) is 20.0. The summed E-state index contributed by atoms with van der Waals surface area (Å²) in [7, 11) is 1.82. The zero-order valence-corrected chi connectivity index (χ0v) is 8.55. The lowest BCUT2D eigenvalue weighted by atomic mass is 9.90. The predicted octanol–water partition coefficient (Wildman–Crippen LogP) is -0.0596. The maximum absolute atomic E-state index is 11.1. The zero-order valence-electron chi connectivity index (χ0n) is 8.55. The molecular formula is C9H14N4O2. The van der Waals surface area contributed by atoms with Gasteiger partial charge in [-0.05, 0) is 19.4 Å². The van der Waals surface area contributed by atoms with Gasteiger partial charge in [-0.25, -0.2) is 0 Å². The molecule has 2 atom stereocenters. The topological polar surface area (TPSA) is 80.0 Å². The lowest BCUT2D eigenvalue weighted by Gasteiger charge is -2.28. The van der Waals surface area contributed by atoms with Gasteiger partial charge in [-0.3, -0.25) is 4.79 Å². The number of aryl methyl sites for hydroxylation is 1. The monoisotopic (exact) mass is 210 g/mol. The van der Waals surface area contributed by atoms with Crippen LogP contribution in [-0.2, 0) is 11.8 Å². The number of carboxylic acid groups (broad SMARTS) is 1. The third-order valence-corrected chi connectivity index (χ3v) is 2.80. The molecule has 2 heterocycles. The highest BCUT2D eigenvalue weighted by Crippen LogP contribution is 2.27. The number of carboxylic acids is 1. The van der Waals surface area contributed by atoms with Crippen molar-refractivity contribution in [1.29, 1.82) is 0 Å². The van der Waals surface area contributed by atoms with Crippen LogP contribution >= 0.6 is 0 Å². The zero-order chi connectivity index (χ0) is 10.8. The summed E-state index contributed by atoms with van der Waals surface area (Å²) in [6, 6.07) is -0.219. The van der Waals surface area contributed by atoms with Gasteiger partial charge < -0.3 is 15.0 Å². The number of hydrogen-bond donors (Lipinski definition) is 2. The van der Waals surface area contributed by atoms with E-state index in [-0.39, 0.29) is 6.04 Å². The Hall–Kier alpha value is -1.43. The van der Waals surface area contributed by atoms with E-state index in [0.29, 0.717) is 12.2 Å². The van der Waals surface area contributed by atoms with Gasteiger partial charge in [0.05, 0.1) is 12.0 Å². The lowest BCUT2D eigenvalue weighted by Crippen LogP contribution is -2.39. The van der Waals surface area contributed by atoms with Gasteiger partial charge in [0.2, 0.25) is 0 Å². The van der Waals surface area contributed by atoms with Crippen molar-refractivity contribution in [1.82, 2.24) is 20.1 Å². The first-order chi connectivity index (χ1) is 7.20. The Bertz CT molecular complexity index is 363. The minimum absolute atomic E-state index is 0.219. The molecule has 6 heteroatoms. The highest BCUT2D eigenvalue weighted by Gasteiger charge is 2.34. The van der Waals surface area contributed by atoms with Crippen LogP contribution in [0, 0.1) is 5.92 Å². The Kier molecular flexibility index (Phi) is 2.68.